The summed E-state index contributed by atoms with van der Waals surface area (Å²) in [6.45, 7) is 4.66. The fourth-order valence-electron chi connectivity index (χ4n) is 2.94. The van der Waals surface area contributed by atoms with E-state index in [-0.39, 0.29) is 23.9 Å². The SMILES string of the molecule is C[C@H](OC(=O)NC(C)(C)C)c1oc(-c2ccc(OC(F)F)c(OCC3CC3)c2)nc1CN. The number of nitrogens with zero attached hydrogens (tertiary/aromatic N) is 1. The number of nitrogens with two attached hydrogens (primary N) is 1. The number of benzene rings is 1. The van der Waals surface area contributed by atoms with Crippen LogP contribution >= 0.6 is 0 Å². The molecule has 10 heteroatoms. The summed E-state index contributed by atoms with van der Waals surface area (Å²) in [5, 5.41) is 2.71. The standard InChI is InChI=1S/C22H29F2N3O5/c1-12(30-21(28)27-22(2,3)4)18-15(10-25)26-19(32-18)14-7-8-16(31-20(23)24)17(9-14)29-11-13-5-6-13/h7-9,12-13,20H,5-6,10-11,25H2,1-4H3,(H,27,28)/t12-/m0/s1. The van der Waals surface area contributed by atoms with Gasteiger partial charge < -0.3 is 29.7 Å². The van der Waals surface area contributed by atoms with Crippen molar-refractivity contribution in [2.75, 3.05) is 6.61 Å². The largest absolute Gasteiger partial charge is 0.489 e. The van der Waals surface area contributed by atoms with E-state index in [1.54, 1.807) is 6.92 Å². The van der Waals surface area contributed by atoms with Crippen LogP contribution in [0.15, 0.2) is 22.6 Å². The molecule has 1 aliphatic rings. The van der Waals surface area contributed by atoms with Gasteiger partial charge in [-0.2, -0.15) is 8.78 Å². The smallest absolute Gasteiger partial charge is 0.408 e. The lowest BCUT2D eigenvalue weighted by molar-refractivity contribution is -0.0515. The lowest BCUT2D eigenvalue weighted by atomic mass is 10.1. The third kappa shape index (κ3) is 6.56. The van der Waals surface area contributed by atoms with Gasteiger partial charge in [0.1, 0.15) is 5.69 Å². The van der Waals surface area contributed by atoms with Crippen LogP contribution in [-0.4, -0.2) is 29.8 Å². The van der Waals surface area contributed by atoms with E-state index in [1.165, 1.54) is 18.2 Å². The van der Waals surface area contributed by atoms with Gasteiger partial charge in [-0.25, -0.2) is 9.78 Å². The highest BCUT2D eigenvalue weighted by Gasteiger charge is 2.26. The number of halogens is 2. The van der Waals surface area contributed by atoms with Crippen LogP contribution < -0.4 is 20.5 Å². The molecule has 1 aromatic carbocycles. The van der Waals surface area contributed by atoms with Crippen molar-refractivity contribution in [3.05, 3.63) is 29.7 Å². The molecule has 0 bridgehead atoms. The Kier molecular flexibility index (Phi) is 7.22. The minimum absolute atomic E-state index is 0.0606. The van der Waals surface area contributed by atoms with E-state index < -0.39 is 24.3 Å². The molecule has 1 heterocycles. The first-order chi connectivity index (χ1) is 15.1. The number of carbonyl (C=O) groups is 1. The molecular weight excluding hydrogens is 424 g/mol. The summed E-state index contributed by atoms with van der Waals surface area (Å²) < 4.78 is 47.1. The van der Waals surface area contributed by atoms with Crippen molar-refractivity contribution in [2.45, 2.75) is 65.3 Å². The Morgan fingerprint density at radius 2 is 2.03 bits per heavy atom. The average molecular weight is 453 g/mol. The summed E-state index contributed by atoms with van der Waals surface area (Å²) in [5.41, 5.74) is 6.25. The Balaban J connectivity index is 1.83. The lowest BCUT2D eigenvalue weighted by Gasteiger charge is -2.21. The number of nitrogens with one attached hydrogen (secondary N) is 1. The molecule has 176 valence electrons. The maximum atomic E-state index is 12.8. The van der Waals surface area contributed by atoms with Crippen LogP contribution in [0.5, 0.6) is 11.5 Å². The second-order valence-corrected chi connectivity index (χ2v) is 8.75. The van der Waals surface area contributed by atoms with Crippen molar-refractivity contribution >= 4 is 6.09 Å². The number of carbonyl (C=O) groups excluding carboxylic acids is 1. The summed E-state index contributed by atoms with van der Waals surface area (Å²) in [6, 6.07) is 4.45. The van der Waals surface area contributed by atoms with Gasteiger partial charge in [0.05, 0.1) is 6.61 Å². The summed E-state index contributed by atoms with van der Waals surface area (Å²) in [7, 11) is 0. The molecule has 1 aliphatic carbocycles. The number of alkyl halides is 2. The van der Waals surface area contributed by atoms with Crippen molar-refractivity contribution in [1.29, 1.82) is 0 Å². The van der Waals surface area contributed by atoms with Crippen LogP contribution in [0, 0.1) is 5.92 Å². The Hall–Kier alpha value is -2.88. The zero-order valence-electron chi connectivity index (χ0n) is 18.6. The van der Waals surface area contributed by atoms with Crippen LogP contribution in [0.2, 0.25) is 0 Å². The topological polar surface area (TPSA) is 109 Å². The van der Waals surface area contributed by atoms with Gasteiger partial charge in [-0.15, -0.1) is 0 Å². The number of oxazole rings is 1. The zero-order valence-corrected chi connectivity index (χ0v) is 18.6. The molecule has 0 spiro atoms. The Morgan fingerprint density at radius 1 is 1.31 bits per heavy atom. The minimum Gasteiger partial charge on any atom is -0.489 e. The Bertz CT molecular complexity index is 938. The molecule has 2 aromatic rings. The molecule has 0 unspecified atom stereocenters. The predicted molar refractivity (Wildman–Crippen MR) is 112 cm³/mol. The van der Waals surface area contributed by atoms with Crippen LogP contribution in [0.4, 0.5) is 13.6 Å². The fraction of sp³-hybridized carbons (Fsp3) is 0.545. The maximum absolute atomic E-state index is 12.8. The molecule has 0 saturated heterocycles. The van der Waals surface area contributed by atoms with E-state index in [1.807, 2.05) is 20.8 Å². The number of alkyl carbamates (subject to hydrolysis) is 1. The number of amides is 1. The third-order valence-electron chi connectivity index (χ3n) is 4.63. The van der Waals surface area contributed by atoms with Crippen molar-refractivity contribution in [3.8, 4) is 23.0 Å². The van der Waals surface area contributed by atoms with Gasteiger partial charge in [0.15, 0.2) is 23.4 Å². The predicted octanol–water partition coefficient (Wildman–Crippen LogP) is 4.78. The molecule has 32 heavy (non-hydrogen) atoms. The Morgan fingerprint density at radius 3 is 2.62 bits per heavy atom. The van der Waals surface area contributed by atoms with E-state index in [0.717, 1.165) is 12.8 Å². The first-order valence-electron chi connectivity index (χ1n) is 10.5. The molecule has 3 N–H and O–H groups in total. The van der Waals surface area contributed by atoms with Gasteiger partial charge in [-0.05, 0) is 64.7 Å². The molecule has 1 aromatic heterocycles. The molecular formula is C22H29F2N3O5. The van der Waals surface area contributed by atoms with E-state index in [9.17, 15) is 13.6 Å². The van der Waals surface area contributed by atoms with Crippen molar-refractivity contribution < 1.29 is 32.2 Å². The van der Waals surface area contributed by atoms with Crippen LogP contribution in [0.3, 0.4) is 0 Å². The Labute approximate surface area is 185 Å². The number of hydrogen-bond acceptors (Lipinski definition) is 7. The van der Waals surface area contributed by atoms with Gasteiger partial charge in [0.25, 0.3) is 0 Å². The highest BCUT2D eigenvalue weighted by atomic mass is 19.3. The maximum Gasteiger partial charge on any atom is 0.408 e. The van der Waals surface area contributed by atoms with Crippen LogP contribution in [-0.2, 0) is 11.3 Å². The number of ether oxygens (including phenoxy) is 3. The highest BCUT2D eigenvalue weighted by Crippen LogP contribution is 2.37. The summed E-state index contributed by atoms with van der Waals surface area (Å²) >= 11 is 0. The molecule has 1 saturated carbocycles. The van der Waals surface area contributed by atoms with Crippen molar-refractivity contribution in [1.82, 2.24) is 10.3 Å². The molecule has 1 amide bonds. The average Bonchev–Trinajstić information content (AvgIpc) is 3.41. The normalized spacial score (nSPS) is 14.9. The van der Waals surface area contributed by atoms with Crippen molar-refractivity contribution in [3.63, 3.8) is 0 Å². The second-order valence-electron chi connectivity index (χ2n) is 8.75. The van der Waals surface area contributed by atoms with Gasteiger partial charge in [0.2, 0.25) is 5.89 Å². The quantitative estimate of drug-likeness (QED) is 0.563. The molecule has 1 fully saturated rings. The first kappa shape index (κ1) is 23.8. The fourth-order valence-corrected chi connectivity index (χ4v) is 2.94. The molecule has 3 rings (SSSR count). The number of hydrogen-bond donors (Lipinski definition) is 2. The molecule has 1 atom stereocenters. The number of rotatable bonds is 9. The summed E-state index contributed by atoms with van der Waals surface area (Å²) in [6.07, 6.45) is 0.752. The van der Waals surface area contributed by atoms with E-state index in [0.29, 0.717) is 29.5 Å². The third-order valence-corrected chi connectivity index (χ3v) is 4.63. The van der Waals surface area contributed by atoms with Crippen LogP contribution in [0.1, 0.15) is 58.1 Å². The van der Waals surface area contributed by atoms with Gasteiger partial charge in [-0.3, -0.25) is 0 Å². The zero-order chi connectivity index (χ0) is 23.5. The molecule has 8 nitrogen and oxygen atoms in total. The number of aromatic nitrogens is 1. The van der Waals surface area contributed by atoms with Crippen molar-refractivity contribution in [2.24, 2.45) is 11.7 Å². The van der Waals surface area contributed by atoms with E-state index in [2.05, 4.69) is 15.0 Å². The first-order valence-corrected chi connectivity index (χ1v) is 10.5. The monoisotopic (exact) mass is 453 g/mol. The summed E-state index contributed by atoms with van der Waals surface area (Å²) in [4.78, 5) is 16.5. The van der Waals surface area contributed by atoms with Gasteiger partial charge in [-0.1, -0.05) is 0 Å². The van der Waals surface area contributed by atoms with Gasteiger partial charge in [0, 0.05) is 17.6 Å². The van der Waals surface area contributed by atoms with E-state index in [4.69, 9.17) is 19.6 Å². The van der Waals surface area contributed by atoms with Crippen LogP contribution in [0.25, 0.3) is 11.5 Å². The van der Waals surface area contributed by atoms with E-state index >= 15 is 0 Å². The van der Waals surface area contributed by atoms with Gasteiger partial charge >= 0.3 is 12.7 Å². The minimum atomic E-state index is -2.97. The second kappa shape index (κ2) is 9.72. The molecule has 0 aliphatic heterocycles. The highest BCUT2D eigenvalue weighted by molar-refractivity contribution is 5.68. The molecule has 0 radical (unpaired) electrons. The lowest BCUT2D eigenvalue weighted by Crippen LogP contribution is -2.41. The summed E-state index contributed by atoms with van der Waals surface area (Å²) in [5.74, 6) is 1.04.